The lowest BCUT2D eigenvalue weighted by atomic mass is 9.88. The number of nitrogens with one attached hydrogen (secondary N) is 1. The Labute approximate surface area is 120 Å². The molecule has 2 fully saturated rings. The highest BCUT2D eigenvalue weighted by Gasteiger charge is 2.48. The van der Waals surface area contributed by atoms with Crippen molar-refractivity contribution < 1.29 is 9.13 Å². The Morgan fingerprint density at radius 2 is 2.05 bits per heavy atom. The standard InChI is InChI=1S/C17H24FNO/c1-3-7-19-17(13-9-11-8-12(11)10-13)14-5-4-6-15(20-2)16(14)18/h4-6,11-13,17,19H,3,7-10H2,1-2H3. The Balaban J connectivity index is 1.84. The van der Waals surface area contributed by atoms with Crippen LogP contribution in [0.5, 0.6) is 5.75 Å². The molecule has 110 valence electrons. The first-order valence-corrected chi connectivity index (χ1v) is 7.80. The molecule has 0 bridgehead atoms. The van der Waals surface area contributed by atoms with E-state index < -0.39 is 0 Å². The largest absolute Gasteiger partial charge is 0.494 e. The minimum absolute atomic E-state index is 0.137. The molecule has 3 heteroatoms. The van der Waals surface area contributed by atoms with Crippen molar-refractivity contribution in [2.75, 3.05) is 13.7 Å². The number of fused-ring (bicyclic) bond motifs is 1. The fourth-order valence-corrected chi connectivity index (χ4v) is 3.79. The zero-order chi connectivity index (χ0) is 14.1. The van der Waals surface area contributed by atoms with Crippen LogP contribution in [0.3, 0.4) is 0 Å². The lowest BCUT2D eigenvalue weighted by Gasteiger charge is -2.27. The van der Waals surface area contributed by atoms with E-state index in [2.05, 4.69) is 12.2 Å². The SMILES string of the molecule is CCCNC(c1cccc(OC)c1F)C1CC2CC2C1. The van der Waals surface area contributed by atoms with Crippen molar-refractivity contribution in [3.05, 3.63) is 29.6 Å². The third kappa shape index (κ3) is 2.56. The van der Waals surface area contributed by atoms with Crippen LogP contribution < -0.4 is 10.1 Å². The van der Waals surface area contributed by atoms with Gasteiger partial charge in [-0.1, -0.05) is 19.1 Å². The van der Waals surface area contributed by atoms with Crippen LogP contribution in [-0.2, 0) is 0 Å². The summed E-state index contributed by atoms with van der Waals surface area (Å²) >= 11 is 0. The van der Waals surface area contributed by atoms with Crippen LogP contribution in [0.25, 0.3) is 0 Å². The van der Waals surface area contributed by atoms with Gasteiger partial charge in [-0.25, -0.2) is 4.39 Å². The Kier molecular flexibility index (Phi) is 3.97. The van der Waals surface area contributed by atoms with Gasteiger partial charge >= 0.3 is 0 Å². The highest BCUT2D eigenvalue weighted by Crippen LogP contribution is 2.57. The summed E-state index contributed by atoms with van der Waals surface area (Å²) < 4.78 is 19.7. The quantitative estimate of drug-likeness (QED) is 0.851. The van der Waals surface area contributed by atoms with E-state index in [9.17, 15) is 4.39 Å². The molecule has 0 aliphatic heterocycles. The second-order valence-corrected chi connectivity index (χ2v) is 6.28. The van der Waals surface area contributed by atoms with Crippen molar-refractivity contribution >= 4 is 0 Å². The number of hydrogen-bond acceptors (Lipinski definition) is 2. The van der Waals surface area contributed by atoms with Gasteiger partial charge < -0.3 is 10.1 Å². The maximum Gasteiger partial charge on any atom is 0.169 e. The molecule has 0 radical (unpaired) electrons. The van der Waals surface area contributed by atoms with Gasteiger partial charge in [0.1, 0.15) is 0 Å². The first-order valence-electron chi connectivity index (χ1n) is 7.80. The Morgan fingerprint density at radius 1 is 1.30 bits per heavy atom. The number of ether oxygens (including phenoxy) is 1. The van der Waals surface area contributed by atoms with E-state index in [1.807, 2.05) is 12.1 Å². The summed E-state index contributed by atoms with van der Waals surface area (Å²) in [6.45, 7) is 3.09. The van der Waals surface area contributed by atoms with Crippen molar-refractivity contribution in [3.63, 3.8) is 0 Å². The van der Waals surface area contributed by atoms with E-state index in [0.29, 0.717) is 11.7 Å². The van der Waals surface area contributed by atoms with Gasteiger partial charge in [0.15, 0.2) is 11.6 Å². The molecule has 3 unspecified atom stereocenters. The topological polar surface area (TPSA) is 21.3 Å². The average Bonchev–Trinajstić information content (AvgIpc) is 3.07. The van der Waals surface area contributed by atoms with Gasteiger partial charge in [-0.15, -0.1) is 0 Å². The maximum atomic E-state index is 14.5. The van der Waals surface area contributed by atoms with E-state index in [1.54, 1.807) is 6.07 Å². The van der Waals surface area contributed by atoms with Gasteiger partial charge in [0, 0.05) is 11.6 Å². The fourth-order valence-electron chi connectivity index (χ4n) is 3.79. The third-order valence-corrected chi connectivity index (χ3v) is 4.91. The molecule has 0 amide bonds. The van der Waals surface area contributed by atoms with Crippen LogP contribution in [0.2, 0.25) is 0 Å². The monoisotopic (exact) mass is 277 g/mol. The van der Waals surface area contributed by atoms with Crippen molar-refractivity contribution in [2.24, 2.45) is 17.8 Å². The van der Waals surface area contributed by atoms with Gasteiger partial charge in [-0.2, -0.15) is 0 Å². The first-order chi connectivity index (χ1) is 9.74. The molecule has 1 aromatic carbocycles. The zero-order valence-electron chi connectivity index (χ0n) is 12.4. The molecule has 3 atom stereocenters. The zero-order valence-corrected chi connectivity index (χ0v) is 12.4. The molecule has 1 N–H and O–H groups in total. The molecule has 20 heavy (non-hydrogen) atoms. The molecule has 1 aromatic rings. The average molecular weight is 277 g/mol. The fraction of sp³-hybridized carbons (Fsp3) is 0.647. The summed E-state index contributed by atoms with van der Waals surface area (Å²) in [4.78, 5) is 0. The molecule has 3 rings (SSSR count). The number of benzene rings is 1. The summed E-state index contributed by atoms with van der Waals surface area (Å²) in [5.41, 5.74) is 0.782. The molecule has 0 heterocycles. The molecule has 2 saturated carbocycles. The summed E-state index contributed by atoms with van der Waals surface area (Å²) in [7, 11) is 1.53. The molecule has 2 nitrogen and oxygen atoms in total. The smallest absolute Gasteiger partial charge is 0.169 e. The number of halogens is 1. The third-order valence-electron chi connectivity index (χ3n) is 4.91. The molecular weight excluding hydrogens is 253 g/mol. The Morgan fingerprint density at radius 3 is 2.70 bits per heavy atom. The maximum absolute atomic E-state index is 14.5. The van der Waals surface area contributed by atoms with Gasteiger partial charge in [0.05, 0.1) is 7.11 Å². The van der Waals surface area contributed by atoms with Crippen molar-refractivity contribution in [1.82, 2.24) is 5.32 Å². The van der Waals surface area contributed by atoms with Crippen LogP contribution in [0, 0.1) is 23.6 Å². The number of methoxy groups -OCH3 is 1. The molecule has 2 aliphatic rings. The second kappa shape index (κ2) is 5.72. The molecule has 0 saturated heterocycles. The van der Waals surface area contributed by atoms with Crippen molar-refractivity contribution in [2.45, 2.75) is 38.6 Å². The Bertz CT molecular complexity index is 466. The summed E-state index contributed by atoms with van der Waals surface area (Å²) in [6, 6.07) is 5.64. The lowest BCUT2D eigenvalue weighted by Crippen LogP contribution is -2.29. The Hall–Kier alpha value is -1.09. The van der Waals surface area contributed by atoms with Gasteiger partial charge in [0.25, 0.3) is 0 Å². The predicted molar refractivity (Wildman–Crippen MR) is 78.3 cm³/mol. The van der Waals surface area contributed by atoms with Crippen LogP contribution >= 0.6 is 0 Å². The van der Waals surface area contributed by atoms with E-state index in [-0.39, 0.29) is 11.9 Å². The molecule has 0 aromatic heterocycles. The highest BCUT2D eigenvalue weighted by atomic mass is 19.1. The van der Waals surface area contributed by atoms with Gasteiger partial charge in [-0.3, -0.25) is 0 Å². The van der Waals surface area contributed by atoms with Crippen LogP contribution in [0.4, 0.5) is 4.39 Å². The predicted octanol–water partition coefficient (Wildman–Crippen LogP) is 3.92. The van der Waals surface area contributed by atoms with Gasteiger partial charge in [0.2, 0.25) is 0 Å². The van der Waals surface area contributed by atoms with Gasteiger partial charge in [-0.05, 0) is 56.0 Å². The van der Waals surface area contributed by atoms with Crippen LogP contribution in [0.1, 0.15) is 44.2 Å². The molecular formula is C17H24FNO. The lowest BCUT2D eigenvalue weighted by molar-refractivity contribution is 0.325. The number of rotatable bonds is 6. The summed E-state index contributed by atoms with van der Waals surface area (Å²) in [5, 5.41) is 3.57. The minimum atomic E-state index is -0.191. The van der Waals surface area contributed by atoms with E-state index in [0.717, 1.165) is 30.4 Å². The van der Waals surface area contributed by atoms with Crippen molar-refractivity contribution in [3.8, 4) is 5.75 Å². The molecule has 0 spiro atoms. The van der Waals surface area contributed by atoms with Crippen LogP contribution in [0.15, 0.2) is 18.2 Å². The number of hydrogen-bond donors (Lipinski definition) is 1. The summed E-state index contributed by atoms with van der Waals surface area (Å²) in [6.07, 6.45) is 4.98. The highest BCUT2D eigenvalue weighted by molar-refractivity contribution is 5.33. The van der Waals surface area contributed by atoms with Crippen molar-refractivity contribution in [1.29, 1.82) is 0 Å². The van der Waals surface area contributed by atoms with E-state index in [4.69, 9.17) is 4.74 Å². The second-order valence-electron chi connectivity index (χ2n) is 6.28. The minimum Gasteiger partial charge on any atom is -0.494 e. The van der Waals surface area contributed by atoms with E-state index in [1.165, 1.54) is 26.4 Å². The normalized spacial score (nSPS) is 29.1. The molecule has 2 aliphatic carbocycles. The van der Waals surface area contributed by atoms with Crippen LogP contribution in [-0.4, -0.2) is 13.7 Å². The summed E-state index contributed by atoms with van der Waals surface area (Å²) in [5.74, 6) is 2.57. The first kappa shape index (κ1) is 13.9. The van der Waals surface area contributed by atoms with E-state index >= 15 is 0 Å².